The predicted molar refractivity (Wildman–Crippen MR) is 126 cm³/mol. The number of nitrogens with zero attached hydrogens (tertiary/aromatic N) is 1. The Labute approximate surface area is 167 Å². The van der Waals surface area contributed by atoms with Crippen LogP contribution >= 0.6 is 0 Å². The quantitative estimate of drug-likeness (QED) is 0.423. The molecule has 0 radical (unpaired) electrons. The number of fused-ring (bicyclic) bond motifs is 1. The Bertz CT molecular complexity index is 715. The van der Waals surface area contributed by atoms with E-state index in [2.05, 4.69) is 0 Å². The van der Waals surface area contributed by atoms with Gasteiger partial charge in [-0.15, -0.1) is 0 Å². The van der Waals surface area contributed by atoms with Crippen LogP contribution in [0.2, 0.25) is 0 Å². The predicted octanol–water partition coefficient (Wildman–Crippen LogP) is 8.12. The number of para-hydroxylation sites is 1. The lowest BCUT2D eigenvalue weighted by Crippen LogP contribution is -2.17. The van der Waals surface area contributed by atoms with Gasteiger partial charge in [0, 0.05) is 17.3 Å². The topological polar surface area (TPSA) is 22.0 Å². The van der Waals surface area contributed by atoms with Crippen molar-refractivity contribution in [3.8, 4) is 5.69 Å². The molecule has 0 N–H and O–H groups in total. The number of benzene rings is 2. The fourth-order valence-corrected chi connectivity index (χ4v) is 1.98. The van der Waals surface area contributed by atoms with E-state index < -0.39 is 0 Å². The molecule has 0 amide bonds. The largest absolute Gasteiger partial charge is 0.284 e. The fourth-order valence-electron chi connectivity index (χ4n) is 1.98. The SMILES string of the molecule is CC.CC.CC.CC.CC.O=c1c2ccccc2ccn1-c1ccccc1. The van der Waals surface area contributed by atoms with Crippen LogP contribution in [0.1, 0.15) is 69.2 Å². The Morgan fingerprint density at radius 3 is 1.52 bits per heavy atom. The molecular weight excluding hydrogens is 330 g/mol. The number of hydrogen-bond acceptors (Lipinski definition) is 1. The lowest BCUT2D eigenvalue weighted by molar-refractivity contribution is 1.01. The molecule has 2 heteroatoms. The first kappa shape index (κ1) is 29.4. The van der Waals surface area contributed by atoms with Gasteiger partial charge >= 0.3 is 0 Å². The van der Waals surface area contributed by atoms with Crippen LogP contribution in [0.5, 0.6) is 0 Å². The van der Waals surface area contributed by atoms with Crippen molar-refractivity contribution in [2.75, 3.05) is 0 Å². The molecule has 0 aliphatic rings. The molecule has 0 bridgehead atoms. The molecule has 3 rings (SSSR count). The van der Waals surface area contributed by atoms with Crippen molar-refractivity contribution >= 4 is 10.8 Å². The van der Waals surface area contributed by atoms with Crippen LogP contribution in [0.3, 0.4) is 0 Å². The Morgan fingerprint density at radius 2 is 1.00 bits per heavy atom. The van der Waals surface area contributed by atoms with Crippen LogP contribution in [-0.4, -0.2) is 4.57 Å². The number of hydrogen-bond donors (Lipinski definition) is 0. The van der Waals surface area contributed by atoms with E-state index in [0.717, 1.165) is 16.5 Å². The van der Waals surface area contributed by atoms with E-state index in [9.17, 15) is 4.79 Å². The molecule has 0 unspecified atom stereocenters. The lowest BCUT2D eigenvalue weighted by Gasteiger charge is -2.06. The first-order valence-corrected chi connectivity index (χ1v) is 10.5. The van der Waals surface area contributed by atoms with Gasteiger partial charge in [0.15, 0.2) is 0 Å². The molecule has 27 heavy (non-hydrogen) atoms. The van der Waals surface area contributed by atoms with Gasteiger partial charge in [-0.05, 0) is 29.7 Å². The molecule has 0 spiro atoms. The summed E-state index contributed by atoms with van der Waals surface area (Å²) < 4.78 is 1.67. The Hall–Kier alpha value is -2.35. The molecule has 0 fully saturated rings. The highest BCUT2D eigenvalue weighted by molar-refractivity contribution is 5.81. The van der Waals surface area contributed by atoms with Crippen LogP contribution in [0, 0.1) is 0 Å². The van der Waals surface area contributed by atoms with E-state index in [4.69, 9.17) is 0 Å². The van der Waals surface area contributed by atoms with Gasteiger partial charge < -0.3 is 0 Å². The highest BCUT2D eigenvalue weighted by Crippen LogP contribution is 2.11. The Kier molecular flexibility index (Phi) is 23.6. The summed E-state index contributed by atoms with van der Waals surface area (Å²) in [7, 11) is 0. The van der Waals surface area contributed by atoms with Crippen molar-refractivity contribution in [1.29, 1.82) is 0 Å². The van der Waals surface area contributed by atoms with Crippen LogP contribution in [-0.2, 0) is 0 Å². The minimum Gasteiger partial charge on any atom is -0.284 e. The summed E-state index contributed by atoms with van der Waals surface area (Å²) in [6.07, 6.45) is 1.82. The van der Waals surface area contributed by atoms with Crippen molar-refractivity contribution in [2.24, 2.45) is 0 Å². The van der Waals surface area contributed by atoms with Crippen molar-refractivity contribution < 1.29 is 0 Å². The van der Waals surface area contributed by atoms with Gasteiger partial charge in [0.05, 0.1) is 0 Å². The van der Waals surface area contributed by atoms with E-state index >= 15 is 0 Å². The second-order valence-electron chi connectivity index (χ2n) is 3.91. The molecule has 2 nitrogen and oxygen atoms in total. The maximum atomic E-state index is 12.3. The average molecular weight is 372 g/mol. The van der Waals surface area contributed by atoms with Gasteiger partial charge in [-0.3, -0.25) is 9.36 Å². The normalized spacial score (nSPS) is 7.78. The first-order valence-electron chi connectivity index (χ1n) is 10.5. The minimum atomic E-state index is 0.0225. The molecule has 1 aromatic heterocycles. The zero-order chi connectivity index (χ0) is 21.7. The maximum Gasteiger partial charge on any atom is 0.262 e. The van der Waals surface area contributed by atoms with E-state index in [1.165, 1.54) is 0 Å². The van der Waals surface area contributed by atoms with E-state index in [1.807, 2.05) is 136 Å². The molecule has 0 aliphatic carbocycles. The highest BCUT2D eigenvalue weighted by atomic mass is 16.1. The van der Waals surface area contributed by atoms with Gasteiger partial charge in [0.1, 0.15) is 0 Å². The van der Waals surface area contributed by atoms with Crippen molar-refractivity contribution in [1.82, 2.24) is 4.57 Å². The van der Waals surface area contributed by atoms with Gasteiger partial charge in [-0.1, -0.05) is 106 Å². The molecule has 2 aromatic carbocycles. The molecular formula is C25H41NO. The summed E-state index contributed by atoms with van der Waals surface area (Å²) in [5.74, 6) is 0. The summed E-state index contributed by atoms with van der Waals surface area (Å²) in [5.41, 5.74) is 0.914. The molecule has 0 aliphatic heterocycles. The van der Waals surface area contributed by atoms with Gasteiger partial charge in [-0.25, -0.2) is 0 Å². The van der Waals surface area contributed by atoms with Crippen molar-refractivity contribution in [2.45, 2.75) is 69.2 Å². The highest BCUT2D eigenvalue weighted by Gasteiger charge is 2.02. The Balaban J connectivity index is -0.000000504. The summed E-state index contributed by atoms with van der Waals surface area (Å²) in [5, 5.41) is 1.73. The third-order valence-electron chi connectivity index (χ3n) is 2.85. The average Bonchev–Trinajstić information content (AvgIpc) is 2.81. The summed E-state index contributed by atoms with van der Waals surface area (Å²) in [6.45, 7) is 20.0. The van der Waals surface area contributed by atoms with E-state index in [-0.39, 0.29) is 5.56 Å². The monoisotopic (exact) mass is 371 g/mol. The zero-order valence-corrected chi connectivity index (χ0v) is 19.2. The second kappa shape index (κ2) is 21.7. The van der Waals surface area contributed by atoms with E-state index in [0.29, 0.717) is 0 Å². The zero-order valence-electron chi connectivity index (χ0n) is 19.2. The van der Waals surface area contributed by atoms with Crippen molar-refractivity contribution in [3.63, 3.8) is 0 Å². The van der Waals surface area contributed by atoms with Crippen LogP contribution in [0.15, 0.2) is 71.7 Å². The fraction of sp³-hybridized carbons (Fsp3) is 0.400. The number of pyridine rings is 1. The van der Waals surface area contributed by atoms with Crippen molar-refractivity contribution in [3.05, 3.63) is 77.2 Å². The van der Waals surface area contributed by atoms with E-state index in [1.54, 1.807) is 4.57 Å². The maximum absolute atomic E-state index is 12.3. The summed E-state index contributed by atoms with van der Waals surface area (Å²) in [4.78, 5) is 12.3. The molecule has 1 heterocycles. The molecule has 0 saturated carbocycles. The van der Waals surface area contributed by atoms with Gasteiger partial charge in [0.2, 0.25) is 0 Å². The molecule has 3 aromatic rings. The minimum absolute atomic E-state index is 0.0225. The third kappa shape index (κ3) is 9.79. The third-order valence-corrected chi connectivity index (χ3v) is 2.85. The summed E-state index contributed by atoms with van der Waals surface area (Å²) >= 11 is 0. The lowest BCUT2D eigenvalue weighted by atomic mass is 10.2. The molecule has 0 saturated heterocycles. The smallest absolute Gasteiger partial charge is 0.262 e. The Morgan fingerprint density at radius 1 is 0.556 bits per heavy atom. The van der Waals surface area contributed by atoms with Crippen LogP contribution < -0.4 is 5.56 Å². The van der Waals surface area contributed by atoms with Crippen LogP contribution in [0.4, 0.5) is 0 Å². The summed E-state index contributed by atoms with van der Waals surface area (Å²) in [6, 6.07) is 19.2. The number of aromatic nitrogens is 1. The standard InChI is InChI=1S/C15H11NO.5C2H6/c17-15-14-9-5-4-6-12(14)10-11-16(15)13-7-2-1-3-8-13;5*1-2/h1-11H;5*1-2H3. The first-order chi connectivity index (χ1) is 13.4. The molecule has 152 valence electrons. The number of rotatable bonds is 1. The van der Waals surface area contributed by atoms with Gasteiger partial charge in [0.25, 0.3) is 5.56 Å². The van der Waals surface area contributed by atoms with Crippen LogP contribution in [0.25, 0.3) is 16.5 Å². The van der Waals surface area contributed by atoms with Gasteiger partial charge in [-0.2, -0.15) is 0 Å². The second-order valence-corrected chi connectivity index (χ2v) is 3.91. The molecule has 0 atom stereocenters.